The summed E-state index contributed by atoms with van der Waals surface area (Å²) < 4.78 is 12.2. The summed E-state index contributed by atoms with van der Waals surface area (Å²) in [6, 6.07) is 5.47. The van der Waals surface area contributed by atoms with Crippen LogP contribution in [-0.2, 0) is 2.76 Å². The van der Waals surface area contributed by atoms with Gasteiger partial charge in [-0.15, -0.1) is 0 Å². The molecule has 208 valence electrons. The summed E-state index contributed by atoms with van der Waals surface area (Å²) >= 11 is -0.144. The van der Waals surface area contributed by atoms with Gasteiger partial charge in [-0.1, -0.05) is 0 Å². The van der Waals surface area contributed by atoms with Crippen LogP contribution < -0.4 is 2.89 Å². The SMILES string of the molecule is CCC[CH2][Sn]([CH2]CCC)([CH2]CCC)[c]1ccc([C]2([Sn]([CH2]CCC)([CH2]CCC)[CH2]CCC)CC=CS2)s1. The molecule has 0 spiro atoms. The van der Waals surface area contributed by atoms with E-state index < -0.39 is 36.8 Å². The second-order valence-electron chi connectivity index (χ2n) is 11.9. The predicted octanol–water partition coefficient (Wildman–Crippen LogP) is 12.0. The molecule has 0 aromatic carbocycles. The molecule has 1 aromatic heterocycles. The minimum absolute atomic E-state index is 0.495. The molecule has 36 heavy (non-hydrogen) atoms. The Hall–Kier alpha value is 1.39. The Morgan fingerprint density at radius 2 is 1.08 bits per heavy atom. The van der Waals surface area contributed by atoms with Crippen LogP contribution >= 0.6 is 23.1 Å². The van der Waals surface area contributed by atoms with Crippen LogP contribution in [0.1, 0.15) is 130 Å². The van der Waals surface area contributed by atoms with Crippen molar-refractivity contribution in [1.82, 2.24) is 0 Å². The fourth-order valence-electron chi connectivity index (χ4n) is 6.84. The second kappa shape index (κ2) is 17.9. The summed E-state index contributed by atoms with van der Waals surface area (Å²) in [5.74, 6) is 0. The first-order chi connectivity index (χ1) is 17.5. The molecule has 0 nitrogen and oxygen atoms in total. The van der Waals surface area contributed by atoms with Gasteiger partial charge in [0.1, 0.15) is 0 Å². The van der Waals surface area contributed by atoms with E-state index in [2.05, 4.69) is 88.3 Å². The maximum absolute atomic E-state index is 2.74. The molecule has 1 unspecified atom stereocenters. The Bertz CT molecular complexity index is 687. The summed E-state index contributed by atoms with van der Waals surface area (Å²) in [4.78, 5) is 1.86. The molecule has 1 aromatic rings. The standard InChI is InChI=1S/C8H6S2.6C4H9.2Sn/c1-3-7(9-5-1)8-4-2-6-10-8;6*1-3-4-2;;/h1-3,6H,4H2;6*1,3-4H2,2H3;;. The molecule has 0 amide bonds. The summed E-state index contributed by atoms with van der Waals surface area (Å²) in [6.07, 6.45) is 21.1. The van der Waals surface area contributed by atoms with Crippen LogP contribution in [0.2, 0.25) is 26.6 Å². The average Bonchev–Trinajstić information content (AvgIpc) is 3.60. The zero-order valence-electron chi connectivity index (χ0n) is 25.1. The quantitative estimate of drug-likeness (QED) is 0.113. The van der Waals surface area contributed by atoms with Crippen molar-refractivity contribution in [1.29, 1.82) is 0 Å². The normalized spacial score (nSPS) is 18.4. The summed E-state index contributed by atoms with van der Waals surface area (Å²) in [5.41, 5.74) is 0. The summed E-state index contributed by atoms with van der Waals surface area (Å²) in [6.45, 7) is 14.6. The summed E-state index contributed by atoms with van der Waals surface area (Å²) in [5, 5.41) is 2.54. The van der Waals surface area contributed by atoms with Crippen LogP contribution in [0.5, 0.6) is 0 Å². The Kier molecular flexibility index (Phi) is 16.7. The van der Waals surface area contributed by atoms with E-state index >= 15 is 0 Å². The molecule has 2 heterocycles. The zero-order chi connectivity index (χ0) is 26.3. The van der Waals surface area contributed by atoms with Gasteiger partial charge < -0.3 is 0 Å². The Morgan fingerprint density at radius 3 is 1.47 bits per heavy atom. The van der Waals surface area contributed by atoms with Gasteiger partial charge in [0.05, 0.1) is 0 Å². The van der Waals surface area contributed by atoms with Gasteiger partial charge in [0.15, 0.2) is 0 Å². The first-order valence-corrected chi connectivity index (χ1v) is 32.6. The van der Waals surface area contributed by atoms with Crippen molar-refractivity contribution in [2.75, 3.05) is 0 Å². The van der Waals surface area contributed by atoms with Gasteiger partial charge in [-0.25, -0.2) is 0 Å². The van der Waals surface area contributed by atoms with E-state index in [1.54, 1.807) is 26.6 Å². The van der Waals surface area contributed by atoms with Crippen LogP contribution in [0.25, 0.3) is 0 Å². The van der Waals surface area contributed by atoms with Gasteiger partial charge >= 0.3 is 246 Å². The predicted molar refractivity (Wildman–Crippen MR) is 177 cm³/mol. The van der Waals surface area contributed by atoms with Crippen LogP contribution in [-0.4, -0.2) is 36.8 Å². The van der Waals surface area contributed by atoms with Crippen molar-refractivity contribution in [3.05, 3.63) is 28.5 Å². The topological polar surface area (TPSA) is 0 Å². The number of unbranched alkanes of at least 4 members (excludes halogenated alkanes) is 6. The molecule has 0 N–H and O–H groups in total. The van der Waals surface area contributed by atoms with E-state index in [-0.39, 0.29) is 0 Å². The number of hydrogen-bond acceptors (Lipinski definition) is 2. The molecular weight excluding hydrogens is 686 g/mol. The van der Waals surface area contributed by atoms with Crippen LogP contribution in [0.3, 0.4) is 0 Å². The molecule has 0 radical (unpaired) electrons. The van der Waals surface area contributed by atoms with Crippen molar-refractivity contribution >= 4 is 62.7 Å². The van der Waals surface area contributed by atoms with Crippen molar-refractivity contribution in [2.24, 2.45) is 0 Å². The zero-order valence-corrected chi connectivity index (χ0v) is 32.4. The molecule has 4 heteroatoms. The monoisotopic (exact) mass is 748 g/mol. The molecular formula is C32H60S2Sn2. The van der Waals surface area contributed by atoms with E-state index in [1.807, 2.05) is 7.77 Å². The van der Waals surface area contributed by atoms with Crippen molar-refractivity contribution in [2.45, 2.75) is 154 Å². The van der Waals surface area contributed by atoms with Gasteiger partial charge in [0.25, 0.3) is 0 Å². The van der Waals surface area contributed by atoms with Gasteiger partial charge in [-0.05, 0) is 0 Å². The Labute approximate surface area is 243 Å². The number of thiophene rings is 1. The first-order valence-electron chi connectivity index (χ1n) is 16.0. The third-order valence-corrected chi connectivity index (χ3v) is 51.9. The van der Waals surface area contributed by atoms with E-state index in [0.29, 0.717) is 2.76 Å². The van der Waals surface area contributed by atoms with Crippen molar-refractivity contribution in [3.8, 4) is 0 Å². The van der Waals surface area contributed by atoms with Gasteiger partial charge in [-0.3, -0.25) is 0 Å². The molecule has 0 fully saturated rings. The minimum atomic E-state index is -2.50. The van der Waals surface area contributed by atoms with Gasteiger partial charge in [0.2, 0.25) is 0 Å². The molecule has 1 atom stereocenters. The molecule has 0 saturated carbocycles. The van der Waals surface area contributed by atoms with Crippen LogP contribution in [0.15, 0.2) is 23.6 Å². The fraction of sp³-hybridized carbons (Fsp3) is 0.812. The van der Waals surface area contributed by atoms with Crippen molar-refractivity contribution < 1.29 is 0 Å². The van der Waals surface area contributed by atoms with Crippen molar-refractivity contribution in [3.63, 3.8) is 0 Å². The van der Waals surface area contributed by atoms with E-state index in [1.165, 1.54) is 83.5 Å². The summed E-state index contributed by atoms with van der Waals surface area (Å²) in [7, 11) is 0. The van der Waals surface area contributed by atoms with Gasteiger partial charge in [-0.2, -0.15) is 0 Å². The first kappa shape index (κ1) is 33.6. The van der Waals surface area contributed by atoms with E-state index in [4.69, 9.17) is 0 Å². The molecule has 0 bridgehead atoms. The molecule has 0 saturated heterocycles. The number of thioether (sulfide) groups is 1. The Balaban J connectivity index is 2.59. The number of rotatable bonds is 21. The molecule has 1 aliphatic heterocycles. The number of allylic oxidation sites excluding steroid dienone is 1. The fourth-order valence-corrected chi connectivity index (χ4v) is 52.7. The van der Waals surface area contributed by atoms with Gasteiger partial charge in [0, 0.05) is 0 Å². The van der Waals surface area contributed by atoms with Crippen LogP contribution in [0, 0.1) is 0 Å². The number of hydrogen-bond donors (Lipinski definition) is 0. The van der Waals surface area contributed by atoms with E-state index in [9.17, 15) is 0 Å². The molecule has 1 aliphatic rings. The molecule has 0 aliphatic carbocycles. The Morgan fingerprint density at radius 1 is 0.639 bits per heavy atom. The van der Waals surface area contributed by atoms with E-state index in [0.717, 1.165) is 0 Å². The van der Waals surface area contributed by atoms with Crippen LogP contribution in [0.4, 0.5) is 0 Å². The third kappa shape index (κ3) is 8.45. The maximum atomic E-state index is 2.74. The molecule has 2 rings (SSSR count). The third-order valence-electron chi connectivity index (χ3n) is 9.21. The second-order valence-corrected chi connectivity index (χ2v) is 43.4. The average molecular weight is 746 g/mol.